The van der Waals surface area contributed by atoms with Gasteiger partial charge in [0.2, 0.25) is 0 Å². The lowest BCUT2D eigenvalue weighted by Gasteiger charge is -2.24. The van der Waals surface area contributed by atoms with Crippen LogP contribution in [0, 0.1) is 5.82 Å². The minimum Gasteiger partial charge on any atom is -0.330 e. The van der Waals surface area contributed by atoms with Crippen molar-refractivity contribution in [2.45, 2.75) is 19.3 Å². The van der Waals surface area contributed by atoms with Gasteiger partial charge >= 0.3 is 0 Å². The molecule has 1 rings (SSSR count). The summed E-state index contributed by atoms with van der Waals surface area (Å²) in [6.45, 7) is 4.32. The zero-order chi connectivity index (χ0) is 10.1. The Bertz CT molecular complexity index is 310. The molecule has 0 saturated carbocycles. The largest absolute Gasteiger partial charge is 0.330 e. The van der Waals surface area contributed by atoms with Gasteiger partial charge in [-0.05, 0) is 23.8 Å². The molecule has 0 aliphatic carbocycles. The lowest BCUT2D eigenvalue weighted by atomic mass is 9.85. The van der Waals surface area contributed by atoms with Gasteiger partial charge in [-0.3, -0.25) is 0 Å². The van der Waals surface area contributed by atoms with Gasteiger partial charge in [-0.1, -0.05) is 25.4 Å². The van der Waals surface area contributed by atoms with Crippen molar-refractivity contribution in [1.29, 1.82) is 0 Å². The fraction of sp³-hybridized carbons (Fsp3) is 0.400. The number of hydrogen-bond donors (Lipinski definition) is 1. The summed E-state index contributed by atoms with van der Waals surface area (Å²) < 4.78 is 12.9. The van der Waals surface area contributed by atoms with Crippen LogP contribution in [0.25, 0.3) is 0 Å². The van der Waals surface area contributed by atoms with Crippen LogP contribution in [0.3, 0.4) is 0 Å². The van der Waals surface area contributed by atoms with Crippen LogP contribution in [0.5, 0.6) is 0 Å². The van der Waals surface area contributed by atoms with Crippen molar-refractivity contribution in [2.24, 2.45) is 5.73 Å². The maximum atomic E-state index is 12.9. The third kappa shape index (κ3) is 2.20. The Balaban J connectivity index is 3.20. The van der Waals surface area contributed by atoms with Crippen LogP contribution in [0.15, 0.2) is 18.2 Å². The predicted octanol–water partition coefficient (Wildman–Crippen LogP) is 2.72. The van der Waals surface area contributed by atoms with Crippen molar-refractivity contribution in [3.8, 4) is 0 Å². The highest BCUT2D eigenvalue weighted by Gasteiger charge is 2.21. The third-order valence-electron chi connectivity index (χ3n) is 2.17. The van der Waals surface area contributed by atoms with Crippen LogP contribution in [0.2, 0.25) is 5.02 Å². The SMILES string of the molecule is CC(C)(CN)c1cc(F)ccc1Cl. The van der Waals surface area contributed by atoms with Gasteiger partial charge in [0.25, 0.3) is 0 Å². The third-order valence-corrected chi connectivity index (χ3v) is 2.50. The van der Waals surface area contributed by atoms with E-state index in [0.29, 0.717) is 11.6 Å². The van der Waals surface area contributed by atoms with E-state index in [4.69, 9.17) is 17.3 Å². The fourth-order valence-corrected chi connectivity index (χ4v) is 1.50. The van der Waals surface area contributed by atoms with E-state index in [-0.39, 0.29) is 11.2 Å². The molecule has 0 radical (unpaired) electrons. The molecule has 1 nitrogen and oxygen atoms in total. The van der Waals surface area contributed by atoms with Crippen LogP contribution in [-0.4, -0.2) is 6.54 Å². The molecule has 0 saturated heterocycles. The van der Waals surface area contributed by atoms with E-state index < -0.39 is 0 Å². The standard InChI is InChI=1S/C10H13ClFN/c1-10(2,6-13)8-5-7(12)3-4-9(8)11/h3-5H,6,13H2,1-2H3. The van der Waals surface area contributed by atoms with Gasteiger partial charge in [0.15, 0.2) is 0 Å². The smallest absolute Gasteiger partial charge is 0.123 e. The molecule has 0 unspecified atom stereocenters. The molecule has 0 amide bonds. The molecule has 0 bridgehead atoms. The first-order valence-electron chi connectivity index (χ1n) is 4.13. The van der Waals surface area contributed by atoms with Gasteiger partial charge in [0.1, 0.15) is 5.82 Å². The summed E-state index contributed by atoms with van der Waals surface area (Å²) in [7, 11) is 0. The Labute approximate surface area is 82.7 Å². The highest BCUT2D eigenvalue weighted by atomic mass is 35.5. The van der Waals surface area contributed by atoms with Gasteiger partial charge < -0.3 is 5.73 Å². The number of benzene rings is 1. The van der Waals surface area contributed by atoms with Gasteiger partial charge in [-0.15, -0.1) is 0 Å². The van der Waals surface area contributed by atoms with E-state index >= 15 is 0 Å². The molecule has 3 heteroatoms. The maximum Gasteiger partial charge on any atom is 0.123 e. The minimum atomic E-state index is -0.279. The quantitative estimate of drug-likeness (QED) is 0.783. The van der Waals surface area contributed by atoms with Crippen molar-refractivity contribution in [2.75, 3.05) is 6.54 Å². The molecule has 13 heavy (non-hydrogen) atoms. The van der Waals surface area contributed by atoms with Crippen molar-refractivity contribution in [1.82, 2.24) is 0 Å². The van der Waals surface area contributed by atoms with E-state index in [1.807, 2.05) is 13.8 Å². The highest BCUT2D eigenvalue weighted by molar-refractivity contribution is 6.31. The van der Waals surface area contributed by atoms with Crippen molar-refractivity contribution >= 4 is 11.6 Å². The van der Waals surface area contributed by atoms with Crippen molar-refractivity contribution in [3.05, 3.63) is 34.6 Å². The highest BCUT2D eigenvalue weighted by Crippen LogP contribution is 2.29. The maximum absolute atomic E-state index is 12.9. The molecular weight excluding hydrogens is 189 g/mol. The first-order chi connectivity index (χ1) is 5.97. The second-order valence-electron chi connectivity index (χ2n) is 3.71. The van der Waals surface area contributed by atoms with E-state index in [0.717, 1.165) is 5.56 Å². The molecule has 0 spiro atoms. The summed E-state index contributed by atoms with van der Waals surface area (Å²) in [6, 6.07) is 4.34. The zero-order valence-electron chi connectivity index (χ0n) is 7.77. The molecular formula is C10H13ClFN. The molecule has 0 aromatic heterocycles. The Kier molecular flexibility index (Phi) is 2.94. The summed E-state index contributed by atoms with van der Waals surface area (Å²) in [5, 5.41) is 0.567. The Hall–Kier alpha value is -0.600. The van der Waals surface area contributed by atoms with E-state index in [9.17, 15) is 4.39 Å². The van der Waals surface area contributed by atoms with E-state index in [1.165, 1.54) is 12.1 Å². The number of hydrogen-bond acceptors (Lipinski definition) is 1. The van der Waals surface area contributed by atoms with Crippen molar-refractivity contribution in [3.63, 3.8) is 0 Å². The van der Waals surface area contributed by atoms with Gasteiger partial charge in [0, 0.05) is 17.0 Å². The normalized spacial score (nSPS) is 11.8. The first-order valence-corrected chi connectivity index (χ1v) is 4.51. The lowest BCUT2D eigenvalue weighted by Crippen LogP contribution is -2.28. The fourth-order valence-electron chi connectivity index (χ4n) is 1.13. The van der Waals surface area contributed by atoms with E-state index in [1.54, 1.807) is 6.07 Å². The second kappa shape index (κ2) is 3.64. The molecule has 0 atom stereocenters. The summed E-state index contributed by atoms with van der Waals surface area (Å²) in [6.07, 6.45) is 0. The number of halogens is 2. The first kappa shape index (κ1) is 10.5. The summed E-state index contributed by atoms with van der Waals surface area (Å²) in [5.41, 5.74) is 6.06. The predicted molar refractivity (Wildman–Crippen MR) is 53.5 cm³/mol. The lowest BCUT2D eigenvalue weighted by molar-refractivity contribution is 0.531. The summed E-state index contributed by atoms with van der Waals surface area (Å²) >= 11 is 5.94. The van der Waals surface area contributed by atoms with Crippen LogP contribution in [-0.2, 0) is 5.41 Å². The van der Waals surface area contributed by atoms with Gasteiger partial charge in [-0.25, -0.2) is 4.39 Å². The molecule has 0 fully saturated rings. The number of nitrogens with two attached hydrogens (primary N) is 1. The average molecular weight is 202 g/mol. The van der Waals surface area contributed by atoms with Gasteiger partial charge in [0.05, 0.1) is 0 Å². The minimum absolute atomic E-state index is 0.277. The average Bonchev–Trinajstić information content (AvgIpc) is 2.09. The van der Waals surface area contributed by atoms with Crippen LogP contribution in [0.4, 0.5) is 4.39 Å². The second-order valence-corrected chi connectivity index (χ2v) is 4.12. The summed E-state index contributed by atoms with van der Waals surface area (Å²) in [4.78, 5) is 0. The molecule has 0 aliphatic rings. The molecule has 1 aromatic rings. The Morgan fingerprint density at radius 1 is 1.46 bits per heavy atom. The van der Waals surface area contributed by atoms with Crippen LogP contribution in [0.1, 0.15) is 19.4 Å². The van der Waals surface area contributed by atoms with Crippen LogP contribution >= 0.6 is 11.6 Å². The Morgan fingerprint density at radius 3 is 2.62 bits per heavy atom. The van der Waals surface area contributed by atoms with Crippen LogP contribution < -0.4 is 5.73 Å². The molecule has 72 valence electrons. The topological polar surface area (TPSA) is 26.0 Å². The zero-order valence-corrected chi connectivity index (χ0v) is 8.53. The summed E-state index contributed by atoms with van der Waals surface area (Å²) in [5.74, 6) is -0.277. The Morgan fingerprint density at radius 2 is 2.08 bits per heavy atom. The number of rotatable bonds is 2. The molecule has 1 aromatic carbocycles. The molecule has 0 heterocycles. The van der Waals surface area contributed by atoms with E-state index in [2.05, 4.69) is 0 Å². The van der Waals surface area contributed by atoms with Gasteiger partial charge in [-0.2, -0.15) is 0 Å². The monoisotopic (exact) mass is 201 g/mol. The van der Waals surface area contributed by atoms with Crippen molar-refractivity contribution < 1.29 is 4.39 Å². The molecule has 0 aliphatic heterocycles. The molecule has 2 N–H and O–H groups in total.